The van der Waals surface area contributed by atoms with Crippen molar-refractivity contribution in [3.63, 3.8) is 0 Å². The van der Waals surface area contributed by atoms with Crippen molar-refractivity contribution in [2.45, 2.75) is 32.9 Å². The van der Waals surface area contributed by atoms with Crippen LogP contribution in [-0.2, 0) is 0 Å². The zero-order chi connectivity index (χ0) is 22.9. The van der Waals surface area contributed by atoms with Crippen LogP contribution in [0.2, 0.25) is 0 Å². The summed E-state index contributed by atoms with van der Waals surface area (Å²) in [6.07, 6.45) is 1.86. The Morgan fingerprint density at radius 1 is 0.970 bits per heavy atom. The van der Waals surface area contributed by atoms with E-state index in [1.165, 1.54) is 5.56 Å². The van der Waals surface area contributed by atoms with E-state index >= 15 is 0 Å². The van der Waals surface area contributed by atoms with Crippen molar-refractivity contribution in [1.29, 1.82) is 0 Å². The molecule has 0 spiro atoms. The van der Waals surface area contributed by atoms with Crippen LogP contribution in [0.5, 0.6) is 0 Å². The Morgan fingerprint density at radius 2 is 1.67 bits per heavy atom. The molecule has 1 N–H and O–H groups in total. The first-order chi connectivity index (χ1) is 16.0. The van der Waals surface area contributed by atoms with Crippen LogP contribution in [0.15, 0.2) is 89.2 Å². The fourth-order valence-electron chi connectivity index (χ4n) is 4.18. The summed E-state index contributed by atoms with van der Waals surface area (Å²) in [5.74, 6) is 0.994. The van der Waals surface area contributed by atoms with Crippen molar-refractivity contribution in [3.05, 3.63) is 106 Å². The van der Waals surface area contributed by atoms with Crippen LogP contribution in [0, 0.1) is 0 Å². The molecule has 0 radical (unpaired) electrons. The van der Waals surface area contributed by atoms with Gasteiger partial charge < -0.3 is 5.32 Å². The zero-order valence-electron chi connectivity index (χ0n) is 19.0. The smallest absolute Gasteiger partial charge is 0.300 e. The molecular weight excluding hydrogens is 408 g/mol. The van der Waals surface area contributed by atoms with Crippen LogP contribution in [0.3, 0.4) is 0 Å². The summed E-state index contributed by atoms with van der Waals surface area (Å²) < 4.78 is 1.84. The van der Waals surface area contributed by atoms with Gasteiger partial charge in [0.15, 0.2) is 11.5 Å². The SMILES string of the molecule is C/C(=C/c1ccccc1)[C@@H]1Nc2ccccc2-c2nc(=O)c(-c3ccc(C(C)C)cc3)nn21. The van der Waals surface area contributed by atoms with Gasteiger partial charge in [-0.15, -0.1) is 0 Å². The predicted molar refractivity (Wildman–Crippen MR) is 134 cm³/mol. The Bertz CT molecular complexity index is 1390. The van der Waals surface area contributed by atoms with Gasteiger partial charge in [0, 0.05) is 16.8 Å². The van der Waals surface area contributed by atoms with Crippen molar-refractivity contribution in [3.8, 4) is 22.6 Å². The highest BCUT2D eigenvalue weighted by Gasteiger charge is 2.27. The molecule has 1 aliphatic rings. The van der Waals surface area contributed by atoms with E-state index in [4.69, 9.17) is 5.10 Å². The lowest BCUT2D eigenvalue weighted by atomic mass is 10.0. The summed E-state index contributed by atoms with van der Waals surface area (Å²) in [6.45, 7) is 6.37. The molecule has 1 aromatic heterocycles. The lowest BCUT2D eigenvalue weighted by molar-refractivity contribution is 0.543. The Kier molecular flexibility index (Phi) is 5.38. The maximum atomic E-state index is 13.1. The molecule has 5 rings (SSSR count). The average Bonchev–Trinajstić information content (AvgIpc) is 2.84. The lowest BCUT2D eigenvalue weighted by Crippen LogP contribution is -2.32. The second-order valence-electron chi connectivity index (χ2n) is 8.70. The van der Waals surface area contributed by atoms with Gasteiger partial charge in [-0.1, -0.05) is 86.7 Å². The van der Waals surface area contributed by atoms with Crippen LogP contribution >= 0.6 is 0 Å². The second kappa shape index (κ2) is 8.51. The number of hydrogen-bond acceptors (Lipinski definition) is 4. The number of para-hydroxylation sites is 1. The lowest BCUT2D eigenvalue weighted by Gasteiger charge is -2.31. The predicted octanol–water partition coefficient (Wildman–Crippen LogP) is 6.12. The molecule has 0 amide bonds. The van der Waals surface area contributed by atoms with Crippen molar-refractivity contribution in [1.82, 2.24) is 14.8 Å². The summed E-state index contributed by atoms with van der Waals surface area (Å²) in [5.41, 5.74) is 6.01. The van der Waals surface area contributed by atoms with Gasteiger partial charge in [-0.3, -0.25) is 4.79 Å². The minimum absolute atomic E-state index is 0.267. The minimum Gasteiger partial charge on any atom is -0.360 e. The second-order valence-corrected chi connectivity index (χ2v) is 8.70. The molecule has 0 bridgehead atoms. The van der Waals surface area contributed by atoms with Gasteiger partial charge in [0.05, 0.1) is 0 Å². The maximum absolute atomic E-state index is 13.1. The third-order valence-corrected chi connectivity index (χ3v) is 6.02. The van der Waals surface area contributed by atoms with Gasteiger partial charge >= 0.3 is 0 Å². The number of nitrogens with zero attached hydrogens (tertiary/aromatic N) is 3. The molecule has 1 atom stereocenters. The van der Waals surface area contributed by atoms with Crippen molar-refractivity contribution < 1.29 is 0 Å². The quantitative estimate of drug-likeness (QED) is 0.420. The first kappa shape index (κ1) is 20.9. The van der Waals surface area contributed by atoms with Gasteiger partial charge in [-0.2, -0.15) is 10.1 Å². The van der Waals surface area contributed by atoms with Gasteiger partial charge in [-0.05, 0) is 41.7 Å². The van der Waals surface area contributed by atoms with Crippen LogP contribution in [-0.4, -0.2) is 14.8 Å². The molecule has 3 aromatic carbocycles. The van der Waals surface area contributed by atoms with E-state index in [9.17, 15) is 4.79 Å². The maximum Gasteiger partial charge on any atom is 0.300 e. The Balaban J connectivity index is 1.66. The van der Waals surface area contributed by atoms with Crippen molar-refractivity contribution in [2.75, 3.05) is 5.32 Å². The number of rotatable bonds is 4. The molecule has 0 saturated carbocycles. The summed E-state index contributed by atoms with van der Waals surface area (Å²) in [4.78, 5) is 17.6. The Hall–Kier alpha value is -3.99. The fraction of sp³-hybridized carbons (Fsp3) is 0.179. The largest absolute Gasteiger partial charge is 0.360 e. The minimum atomic E-state index is -0.321. The summed E-state index contributed by atoms with van der Waals surface area (Å²) in [7, 11) is 0. The molecule has 0 saturated heterocycles. The fourth-order valence-corrected chi connectivity index (χ4v) is 4.18. The Morgan fingerprint density at radius 3 is 2.39 bits per heavy atom. The molecule has 0 fully saturated rings. The molecular formula is C28H26N4O. The molecule has 0 unspecified atom stereocenters. The van der Waals surface area contributed by atoms with E-state index in [-0.39, 0.29) is 11.7 Å². The number of aromatic nitrogens is 3. The normalized spacial score (nSPS) is 15.0. The van der Waals surface area contributed by atoms with Crippen LogP contribution in [0.1, 0.15) is 44.0 Å². The first-order valence-corrected chi connectivity index (χ1v) is 11.2. The van der Waals surface area contributed by atoms with Crippen LogP contribution in [0.4, 0.5) is 5.69 Å². The van der Waals surface area contributed by atoms with E-state index in [2.05, 4.69) is 61.4 Å². The van der Waals surface area contributed by atoms with Crippen molar-refractivity contribution in [2.24, 2.45) is 0 Å². The highest BCUT2D eigenvalue weighted by Crippen LogP contribution is 2.36. The summed E-state index contributed by atoms with van der Waals surface area (Å²) >= 11 is 0. The van der Waals surface area contributed by atoms with E-state index < -0.39 is 0 Å². The molecule has 164 valence electrons. The molecule has 0 aliphatic carbocycles. The zero-order valence-corrected chi connectivity index (χ0v) is 19.0. The third-order valence-electron chi connectivity index (χ3n) is 6.02. The standard InChI is InChI=1S/C28H26N4O/c1-18(2)21-13-15-22(16-14-21)25-28(33)30-27-23-11-7-8-12-24(23)29-26(32(27)31-25)19(3)17-20-9-5-4-6-10-20/h4-18,26,29H,1-3H3/b19-17-/t26-/m1/s1. The summed E-state index contributed by atoms with van der Waals surface area (Å²) in [6, 6.07) is 26.1. The number of anilines is 1. The number of nitrogens with one attached hydrogen (secondary N) is 1. The van der Waals surface area contributed by atoms with Gasteiger partial charge in [-0.25, -0.2) is 4.68 Å². The third kappa shape index (κ3) is 3.98. The number of hydrogen-bond donors (Lipinski definition) is 1. The average molecular weight is 435 g/mol. The number of benzene rings is 3. The van der Waals surface area contributed by atoms with Crippen LogP contribution in [0.25, 0.3) is 28.7 Å². The first-order valence-electron chi connectivity index (χ1n) is 11.2. The van der Waals surface area contributed by atoms with Gasteiger partial charge in [0.25, 0.3) is 5.56 Å². The highest BCUT2D eigenvalue weighted by atomic mass is 16.1. The molecule has 2 heterocycles. The molecule has 1 aliphatic heterocycles. The molecule has 33 heavy (non-hydrogen) atoms. The number of fused-ring (bicyclic) bond motifs is 3. The monoisotopic (exact) mass is 434 g/mol. The van der Waals surface area contributed by atoms with E-state index in [1.807, 2.05) is 59.3 Å². The molecule has 5 nitrogen and oxygen atoms in total. The highest BCUT2D eigenvalue weighted by molar-refractivity contribution is 5.77. The van der Waals surface area contributed by atoms with E-state index in [1.54, 1.807) is 0 Å². The van der Waals surface area contributed by atoms with Crippen LogP contribution < -0.4 is 10.9 Å². The summed E-state index contributed by atoms with van der Waals surface area (Å²) in [5, 5.41) is 8.42. The molecule has 4 aromatic rings. The Labute approximate surface area is 193 Å². The van der Waals surface area contributed by atoms with E-state index in [0.29, 0.717) is 17.4 Å². The van der Waals surface area contributed by atoms with E-state index in [0.717, 1.165) is 28.0 Å². The van der Waals surface area contributed by atoms with Crippen molar-refractivity contribution >= 4 is 11.8 Å². The topological polar surface area (TPSA) is 59.8 Å². The van der Waals surface area contributed by atoms with Gasteiger partial charge in [0.2, 0.25) is 0 Å². The van der Waals surface area contributed by atoms with Gasteiger partial charge in [0.1, 0.15) is 6.17 Å². The molecule has 5 heteroatoms.